The molecule has 3 rings (SSSR count). The number of rotatable bonds is 6. The number of amides is 1. The van der Waals surface area contributed by atoms with E-state index in [9.17, 15) is 14.7 Å². The summed E-state index contributed by atoms with van der Waals surface area (Å²) >= 11 is 11.9. The number of carboxylic acid groups (broad SMARTS) is 1. The predicted molar refractivity (Wildman–Crippen MR) is 125 cm³/mol. The fraction of sp³-hybridized carbons (Fsp3) is 0.261. The van der Waals surface area contributed by atoms with Gasteiger partial charge in [-0.15, -0.1) is 0 Å². The average molecular weight is 459 g/mol. The van der Waals surface area contributed by atoms with Gasteiger partial charge < -0.3 is 20.1 Å². The van der Waals surface area contributed by atoms with Gasteiger partial charge in [0.1, 0.15) is 10.7 Å². The number of aromatic nitrogens is 1. The number of aromatic hydroxyl groups is 1. The third kappa shape index (κ3) is 4.89. The molecule has 31 heavy (non-hydrogen) atoms. The van der Waals surface area contributed by atoms with Gasteiger partial charge in [-0.1, -0.05) is 53.6 Å². The van der Waals surface area contributed by atoms with Crippen molar-refractivity contribution in [3.05, 3.63) is 63.8 Å². The van der Waals surface area contributed by atoms with Crippen LogP contribution in [0.2, 0.25) is 5.02 Å². The van der Waals surface area contributed by atoms with Crippen LogP contribution in [0.5, 0.6) is 5.75 Å². The second kappa shape index (κ2) is 9.08. The number of carbonyl (C=O) groups is 2. The van der Waals surface area contributed by atoms with E-state index in [2.05, 4.69) is 5.32 Å². The van der Waals surface area contributed by atoms with Crippen LogP contribution in [0.1, 0.15) is 35.7 Å². The van der Waals surface area contributed by atoms with E-state index in [1.807, 2.05) is 42.7 Å². The summed E-state index contributed by atoms with van der Waals surface area (Å²) < 4.78 is 1.85. The topological polar surface area (TPSA) is 91.6 Å². The second-order valence-electron chi connectivity index (χ2n) is 7.63. The molecule has 0 aliphatic heterocycles. The van der Waals surface area contributed by atoms with Crippen LogP contribution in [0.4, 0.5) is 0 Å². The molecule has 6 nitrogen and oxygen atoms in total. The number of nitrogens with zero attached hydrogens (tertiary/aromatic N) is 1. The van der Waals surface area contributed by atoms with Crippen LogP contribution in [-0.2, 0) is 16.0 Å². The molecular weight excluding hydrogens is 436 g/mol. The lowest BCUT2D eigenvalue weighted by atomic mass is 10.1. The van der Waals surface area contributed by atoms with Crippen LogP contribution in [0.25, 0.3) is 10.9 Å². The van der Waals surface area contributed by atoms with E-state index in [-0.39, 0.29) is 29.5 Å². The third-order valence-corrected chi connectivity index (χ3v) is 5.85. The number of aliphatic carboxylic acids is 1. The molecule has 0 aliphatic carbocycles. The quantitative estimate of drug-likeness (QED) is 0.477. The molecular formula is C23H23ClN2O4S. The number of hydrogen-bond acceptors (Lipinski definition) is 4. The van der Waals surface area contributed by atoms with E-state index in [0.29, 0.717) is 21.5 Å². The molecule has 1 unspecified atom stereocenters. The van der Waals surface area contributed by atoms with Crippen LogP contribution in [-0.4, -0.2) is 37.7 Å². The van der Waals surface area contributed by atoms with Gasteiger partial charge in [0.05, 0.1) is 23.4 Å². The lowest BCUT2D eigenvalue weighted by Gasteiger charge is -2.13. The maximum absolute atomic E-state index is 12.6. The molecule has 0 fully saturated rings. The summed E-state index contributed by atoms with van der Waals surface area (Å²) in [6, 6.07) is 10.5. The minimum Gasteiger partial charge on any atom is -0.506 e. The molecule has 0 spiro atoms. The number of aryl methyl sites for hydroxylation is 1. The minimum atomic E-state index is -0.983. The number of carboxylic acids is 1. The summed E-state index contributed by atoms with van der Waals surface area (Å²) in [4.78, 5) is 24.0. The second-order valence-corrected chi connectivity index (χ2v) is 8.43. The van der Waals surface area contributed by atoms with Gasteiger partial charge in [-0.05, 0) is 38.5 Å². The monoisotopic (exact) mass is 458 g/mol. The first-order valence-corrected chi connectivity index (χ1v) is 10.5. The van der Waals surface area contributed by atoms with Crippen molar-refractivity contribution in [2.75, 3.05) is 0 Å². The SMILES string of the molecule is Cc1ccc(C(=S)n2c(C)c(CC(=O)NC(C)CC(=O)O)c3cc(O)c(Cl)cc32)cc1. The first-order valence-electron chi connectivity index (χ1n) is 9.73. The van der Waals surface area contributed by atoms with Gasteiger partial charge in [0.2, 0.25) is 5.91 Å². The summed E-state index contributed by atoms with van der Waals surface area (Å²) in [5.74, 6) is -1.39. The number of thiocarbonyl (C=S) groups is 1. The predicted octanol–water partition coefficient (Wildman–Crippen LogP) is 4.36. The van der Waals surface area contributed by atoms with Gasteiger partial charge in [0.25, 0.3) is 0 Å². The first kappa shape index (κ1) is 22.8. The Balaban J connectivity index is 2.06. The zero-order valence-corrected chi connectivity index (χ0v) is 19.0. The Hall–Kier alpha value is -2.90. The van der Waals surface area contributed by atoms with Crippen LogP contribution in [0.15, 0.2) is 36.4 Å². The van der Waals surface area contributed by atoms with Crippen LogP contribution < -0.4 is 5.32 Å². The molecule has 1 atom stereocenters. The molecule has 0 saturated carbocycles. The van der Waals surface area contributed by atoms with E-state index in [1.54, 1.807) is 13.0 Å². The fourth-order valence-electron chi connectivity index (χ4n) is 3.60. The van der Waals surface area contributed by atoms with Crippen molar-refractivity contribution >= 4 is 51.6 Å². The van der Waals surface area contributed by atoms with Crippen molar-refractivity contribution in [1.29, 1.82) is 0 Å². The highest BCUT2D eigenvalue weighted by molar-refractivity contribution is 7.80. The zero-order valence-electron chi connectivity index (χ0n) is 17.4. The Morgan fingerprint density at radius 3 is 2.45 bits per heavy atom. The van der Waals surface area contributed by atoms with Crippen LogP contribution in [0.3, 0.4) is 0 Å². The van der Waals surface area contributed by atoms with E-state index in [0.717, 1.165) is 16.8 Å². The zero-order chi connectivity index (χ0) is 22.9. The Bertz CT molecular complexity index is 1180. The smallest absolute Gasteiger partial charge is 0.305 e. The Kier molecular flexibility index (Phi) is 6.67. The summed E-state index contributed by atoms with van der Waals surface area (Å²) in [6.45, 7) is 5.49. The summed E-state index contributed by atoms with van der Waals surface area (Å²) in [7, 11) is 0. The number of hydrogen-bond donors (Lipinski definition) is 3. The van der Waals surface area contributed by atoms with E-state index >= 15 is 0 Å². The number of carbonyl (C=O) groups excluding carboxylic acids is 1. The van der Waals surface area contributed by atoms with Crippen molar-refractivity contribution in [2.24, 2.45) is 0 Å². The number of halogens is 1. The average Bonchev–Trinajstić information content (AvgIpc) is 2.92. The molecule has 3 aromatic rings. The highest BCUT2D eigenvalue weighted by Gasteiger charge is 2.22. The molecule has 0 aliphatic rings. The van der Waals surface area contributed by atoms with Gasteiger partial charge in [-0.3, -0.25) is 9.59 Å². The van der Waals surface area contributed by atoms with Crippen molar-refractivity contribution in [2.45, 2.75) is 39.7 Å². The van der Waals surface area contributed by atoms with Gasteiger partial charge in [0, 0.05) is 22.7 Å². The number of phenolic OH excluding ortho intramolecular Hbond substituents is 1. The van der Waals surface area contributed by atoms with Crippen LogP contribution in [0, 0.1) is 13.8 Å². The highest BCUT2D eigenvalue weighted by Crippen LogP contribution is 2.35. The summed E-state index contributed by atoms with van der Waals surface area (Å²) in [5.41, 5.74) is 4.09. The van der Waals surface area contributed by atoms with Gasteiger partial charge >= 0.3 is 5.97 Å². The molecule has 3 N–H and O–H groups in total. The normalized spacial score (nSPS) is 12.0. The fourth-order valence-corrected chi connectivity index (χ4v) is 4.13. The number of fused-ring (bicyclic) bond motifs is 1. The number of benzene rings is 2. The highest BCUT2D eigenvalue weighted by atomic mass is 35.5. The summed E-state index contributed by atoms with van der Waals surface area (Å²) in [5, 5.41) is 22.6. The van der Waals surface area contributed by atoms with E-state index in [1.165, 1.54) is 6.07 Å². The minimum absolute atomic E-state index is 0.0108. The first-order chi connectivity index (χ1) is 14.6. The van der Waals surface area contributed by atoms with Gasteiger partial charge in [-0.25, -0.2) is 0 Å². The standard InChI is InChI=1S/C23H23ClN2O4S/c1-12-4-6-15(7-5-12)23(31)26-14(3)16(10-21(28)25-13(2)8-22(29)30)17-9-20(27)18(24)11-19(17)26/h4-7,9,11,13,27H,8,10H2,1-3H3,(H,25,28)(H,29,30). The molecule has 0 radical (unpaired) electrons. The van der Waals surface area contributed by atoms with Crippen molar-refractivity contribution in [3.63, 3.8) is 0 Å². The van der Waals surface area contributed by atoms with Crippen molar-refractivity contribution in [3.8, 4) is 5.75 Å². The lowest BCUT2D eigenvalue weighted by Crippen LogP contribution is -2.35. The molecule has 0 bridgehead atoms. The Morgan fingerprint density at radius 2 is 1.84 bits per heavy atom. The van der Waals surface area contributed by atoms with Crippen molar-refractivity contribution in [1.82, 2.24) is 9.88 Å². The van der Waals surface area contributed by atoms with Crippen LogP contribution >= 0.6 is 23.8 Å². The number of nitrogens with one attached hydrogen (secondary N) is 1. The Morgan fingerprint density at radius 1 is 1.19 bits per heavy atom. The van der Waals surface area contributed by atoms with E-state index < -0.39 is 12.0 Å². The van der Waals surface area contributed by atoms with Gasteiger partial charge in [0.15, 0.2) is 0 Å². The lowest BCUT2D eigenvalue weighted by molar-refractivity contribution is -0.137. The molecule has 2 aromatic carbocycles. The Labute approximate surface area is 190 Å². The maximum Gasteiger partial charge on any atom is 0.305 e. The molecule has 1 amide bonds. The van der Waals surface area contributed by atoms with Crippen molar-refractivity contribution < 1.29 is 19.8 Å². The summed E-state index contributed by atoms with van der Waals surface area (Å²) in [6.07, 6.45) is -0.155. The molecule has 0 saturated heterocycles. The molecule has 162 valence electrons. The molecule has 1 heterocycles. The van der Waals surface area contributed by atoms with E-state index in [4.69, 9.17) is 28.9 Å². The largest absolute Gasteiger partial charge is 0.506 e. The number of phenols is 1. The molecule has 1 aromatic heterocycles. The maximum atomic E-state index is 12.6. The molecule has 8 heteroatoms. The third-order valence-electron chi connectivity index (χ3n) is 5.13. The van der Waals surface area contributed by atoms with Gasteiger partial charge in [-0.2, -0.15) is 0 Å².